The van der Waals surface area contributed by atoms with E-state index in [0.717, 1.165) is 5.82 Å². The molecule has 2 aromatic rings. The third kappa shape index (κ3) is 1.63. The predicted octanol–water partition coefficient (Wildman–Crippen LogP) is 1.04. The quantitative estimate of drug-likeness (QED) is 0.853. The maximum absolute atomic E-state index is 5.88. The molecular weight excluding hydrogens is 214 g/mol. The van der Waals surface area contributed by atoms with Crippen LogP contribution in [0.2, 0.25) is 0 Å². The number of aromatic nitrogens is 4. The van der Waals surface area contributed by atoms with Crippen LogP contribution in [0.5, 0.6) is 0 Å². The molecule has 1 fully saturated rings. The van der Waals surface area contributed by atoms with Gasteiger partial charge in [-0.15, -0.1) is 0 Å². The molecule has 0 atom stereocenters. The molecular formula is C12H15N5. The highest BCUT2D eigenvalue weighted by Gasteiger charge is 2.37. The fourth-order valence-electron chi connectivity index (χ4n) is 2.38. The van der Waals surface area contributed by atoms with Gasteiger partial charge in [-0.2, -0.15) is 5.10 Å². The topological polar surface area (TPSA) is 69.6 Å². The number of hydrogen-bond acceptors (Lipinski definition) is 4. The Morgan fingerprint density at radius 3 is 2.71 bits per heavy atom. The van der Waals surface area contributed by atoms with E-state index in [-0.39, 0.29) is 5.41 Å². The number of nitrogens with zero attached hydrogens (tertiary/aromatic N) is 4. The molecule has 2 N–H and O–H groups in total. The minimum atomic E-state index is 0.175. The Morgan fingerprint density at radius 1 is 1.35 bits per heavy atom. The zero-order valence-corrected chi connectivity index (χ0v) is 9.58. The lowest BCUT2D eigenvalue weighted by Crippen LogP contribution is -2.41. The molecule has 1 aliphatic carbocycles. The van der Waals surface area contributed by atoms with Crippen molar-refractivity contribution in [2.45, 2.75) is 24.7 Å². The van der Waals surface area contributed by atoms with Gasteiger partial charge in [0.15, 0.2) is 5.82 Å². The molecule has 0 saturated heterocycles. The molecule has 0 radical (unpaired) electrons. The number of rotatable bonds is 3. The average Bonchev–Trinajstić information content (AvgIpc) is 2.83. The second-order valence-electron chi connectivity index (χ2n) is 4.58. The fraction of sp³-hybridized carbons (Fsp3) is 0.417. The lowest BCUT2D eigenvalue weighted by atomic mass is 9.65. The van der Waals surface area contributed by atoms with Gasteiger partial charge in [0.25, 0.3) is 0 Å². The van der Waals surface area contributed by atoms with Gasteiger partial charge in [-0.05, 0) is 24.5 Å². The van der Waals surface area contributed by atoms with Crippen LogP contribution in [0.15, 0.2) is 31.0 Å². The summed E-state index contributed by atoms with van der Waals surface area (Å²) in [6, 6.07) is 4.08. The first kappa shape index (κ1) is 10.4. The highest BCUT2D eigenvalue weighted by molar-refractivity contribution is 5.31. The van der Waals surface area contributed by atoms with Gasteiger partial charge in [0.1, 0.15) is 12.7 Å². The van der Waals surface area contributed by atoms with Gasteiger partial charge in [0.2, 0.25) is 0 Å². The van der Waals surface area contributed by atoms with E-state index in [2.05, 4.69) is 21.1 Å². The third-order valence-corrected chi connectivity index (χ3v) is 3.72. The van der Waals surface area contributed by atoms with Crippen LogP contribution in [-0.2, 0) is 5.41 Å². The van der Waals surface area contributed by atoms with Crippen LogP contribution in [0, 0.1) is 0 Å². The standard InChI is InChI=1S/C12H15N5/c13-7-12(4-1-5-12)10-2-3-11(15-6-10)17-9-14-8-16-17/h2-3,6,8-9H,1,4-5,7,13H2. The van der Waals surface area contributed by atoms with Crippen molar-refractivity contribution in [3.8, 4) is 5.82 Å². The summed E-state index contributed by atoms with van der Waals surface area (Å²) in [6.07, 6.45) is 8.68. The second-order valence-corrected chi connectivity index (χ2v) is 4.58. The molecule has 17 heavy (non-hydrogen) atoms. The van der Waals surface area contributed by atoms with Gasteiger partial charge in [-0.25, -0.2) is 14.6 Å². The van der Waals surface area contributed by atoms with Crippen LogP contribution < -0.4 is 5.73 Å². The molecule has 1 aliphatic rings. The smallest absolute Gasteiger partial charge is 0.155 e. The van der Waals surface area contributed by atoms with E-state index in [9.17, 15) is 0 Å². The number of pyridine rings is 1. The third-order valence-electron chi connectivity index (χ3n) is 3.72. The molecule has 1 saturated carbocycles. The molecule has 5 nitrogen and oxygen atoms in total. The monoisotopic (exact) mass is 229 g/mol. The van der Waals surface area contributed by atoms with E-state index in [0.29, 0.717) is 6.54 Å². The molecule has 5 heteroatoms. The largest absolute Gasteiger partial charge is 0.330 e. The lowest BCUT2D eigenvalue weighted by molar-refractivity contribution is 0.252. The summed E-state index contributed by atoms with van der Waals surface area (Å²) in [5.74, 6) is 0.790. The zero-order valence-electron chi connectivity index (χ0n) is 9.58. The first-order valence-corrected chi connectivity index (χ1v) is 5.86. The van der Waals surface area contributed by atoms with E-state index < -0.39 is 0 Å². The minimum absolute atomic E-state index is 0.175. The fourth-order valence-corrected chi connectivity index (χ4v) is 2.38. The summed E-state index contributed by atoms with van der Waals surface area (Å²) < 4.78 is 1.65. The van der Waals surface area contributed by atoms with Crippen LogP contribution in [0.3, 0.4) is 0 Å². The first-order valence-electron chi connectivity index (χ1n) is 5.86. The molecule has 0 aromatic carbocycles. The van der Waals surface area contributed by atoms with Crippen LogP contribution >= 0.6 is 0 Å². The summed E-state index contributed by atoms with van der Waals surface area (Å²) in [4.78, 5) is 8.33. The first-order chi connectivity index (χ1) is 8.34. The number of nitrogens with two attached hydrogens (primary N) is 1. The summed E-state index contributed by atoms with van der Waals surface area (Å²) >= 11 is 0. The van der Waals surface area contributed by atoms with Crippen molar-refractivity contribution in [2.24, 2.45) is 5.73 Å². The van der Waals surface area contributed by atoms with Crippen LogP contribution in [0.1, 0.15) is 24.8 Å². The molecule has 2 aromatic heterocycles. The average molecular weight is 229 g/mol. The highest BCUT2D eigenvalue weighted by atomic mass is 15.3. The van der Waals surface area contributed by atoms with Crippen LogP contribution in [0.25, 0.3) is 5.82 Å². The highest BCUT2D eigenvalue weighted by Crippen LogP contribution is 2.42. The Balaban J connectivity index is 1.90. The van der Waals surface area contributed by atoms with E-state index in [1.54, 1.807) is 11.0 Å². The molecule has 0 aliphatic heterocycles. The summed E-state index contributed by atoms with van der Waals surface area (Å²) in [5, 5.41) is 4.05. The summed E-state index contributed by atoms with van der Waals surface area (Å²) in [5.41, 5.74) is 7.30. The lowest BCUT2D eigenvalue weighted by Gasteiger charge is -2.41. The molecule has 0 spiro atoms. The number of hydrogen-bond donors (Lipinski definition) is 1. The van der Waals surface area contributed by atoms with Gasteiger partial charge in [0, 0.05) is 18.2 Å². The maximum atomic E-state index is 5.88. The maximum Gasteiger partial charge on any atom is 0.155 e. The van der Waals surface area contributed by atoms with E-state index in [1.165, 1.54) is 31.2 Å². The van der Waals surface area contributed by atoms with Crippen molar-refractivity contribution in [2.75, 3.05) is 6.54 Å². The SMILES string of the molecule is NCC1(c2ccc(-n3cncn3)nc2)CCC1. The molecule has 2 heterocycles. The van der Waals surface area contributed by atoms with E-state index in [1.807, 2.05) is 12.3 Å². The Morgan fingerprint density at radius 2 is 2.24 bits per heavy atom. The van der Waals surface area contributed by atoms with Crippen LogP contribution in [0.4, 0.5) is 0 Å². The van der Waals surface area contributed by atoms with Crippen molar-refractivity contribution >= 4 is 0 Å². The molecule has 3 rings (SSSR count). The Kier molecular flexibility index (Phi) is 2.40. The van der Waals surface area contributed by atoms with Crippen LogP contribution in [-0.4, -0.2) is 26.3 Å². The normalized spacial score (nSPS) is 17.7. The van der Waals surface area contributed by atoms with Crippen molar-refractivity contribution in [1.82, 2.24) is 19.7 Å². The van der Waals surface area contributed by atoms with E-state index >= 15 is 0 Å². The van der Waals surface area contributed by atoms with Gasteiger partial charge in [-0.1, -0.05) is 12.5 Å². The molecule has 0 unspecified atom stereocenters. The Hall–Kier alpha value is -1.75. The molecule has 88 valence electrons. The van der Waals surface area contributed by atoms with Crippen molar-refractivity contribution < 1.29 is 0 Å². The Bertz CT molecular complexity index is 479. The van der Waals surface area contributed by atoms with Gasteiger partial charge >= 0.3 is 0 Å². The zero-order chi connectivity index (χ0) is 11.7. The predicted molar refractivity (Wildman–Crippen MR) is 63.7 cm³/mol. The van der Waals surface area contributed by atoms with Gasteiger partial charge in [0.05, 0.1) is 0 Å². The van der Waals surface area contributed by atoms with Gasteiger partial charge in [-0.3, -0.25) is 0 Å². The minimum Gasteiger partial charge on any atom is -0.330 e. The summed E-state index contributed by atoms with van der Waals surface area (Å²) in [7, 11) is 0. The van der Waals surface area contributed by atoms with Crippen molar-refractivity contribution in [1.29, 1.82) is 0 Å². The molecule has 0 amide bonds. The summed E-state index contributed by atoms with van der Waals surface area (Å²) in [6.45, 7) is 0.706. The second kappa shape index (κ2) is 3.92. The molecule has 0 bridgehead atoms. The van der Waals surface area contributed by atoms with Crippen molar-refractivity contribution in [3.63, 3.8) is 0 Å². The Labute approximate surface area is 99.7 Å². The van der Waals surface area contributed by atoms with E-state index in [4.69, 9.17) is 5.73 Å². The van der Waals surface area contributed by atoms with Crippen molar-refractivity contribution in [3.05, 3.63) is 36.5 Å². The van der Waals surface area contributed by atoms with Gasteiger partial charge < -0.3 is 5.73 Å².